The highest BCUT2D eigenvalue weighted by Gasteiger charge is 2.29. The highest BCUT2D eigenvalue weighted by atomic mass is 16.5. The molecule has 0 bridgehead atoms. The number of carbonyl (C=O) groups excluding carboxylic acids is 1. The van der Waals surface area contributed by atoms with Gasteiger partial charge in [-0.1, -0.05) is 18.2 Å². The van der Waals surface area contributed by atoms with Crippen LogP contribution in [0.2, 0.25) is 0 Å². The molecule has 6 nitrogen and oxygen atoms in total. The molecule has 0 radical (unpaired) electrons. The van der Waals surface area contributed by atoms with Crippen LogP contribution in [0.15, 0.2) is 60.7 Å². The summed E-state index contributed by atoms with van der Waals surface area (Å²) in [4.78, 5) is 15.2. The Labute approximate surface area is 170 Å². The average Bonchev–Trinajstić information content (AvgIpc) is 3.24. The Morgan fingerprint density at radius 2 is 1.90 bits per heavy atom. The monoisotopic (exact) mass is 390 g/mol. The maximum absolute atomic E-state index is 13.3. The molecule has 150 valence electrons. The summed E-state index contributed by atoms with van der Waals surface area (Å²) in [5.74, 6) is 0.736. The third-order valence-corrected chi connectivity index (χ3v) is 5.48. The zero-order valence-corrected chi connectivity index (χ0v) is 16.6. The molecule has 1 fully saturated rings. The van der Waals surface area contributed by atoms with Gasteiger partial charge in [0.25, 0.3) is 5.91 Å². The second kappa shape index (κ2) is 8.49. The first-order chi connectivity index (χ1) is 14.2. The lowest BCUT2D eigenvalue weighted by Gasteiger charge is -2.34. The highest BCUT2D eigenvalue weighted by molar-refractivity contribution is 5.94. The van der Waals surface area contributed by atoms with E-state index in [9.17, 15) is 4.79 Å². The number of ether oxygens (including phenoxy) is 1. The van der Waals surface area contributed by atoms with Gasteiger partial charge in [-0.05, 0) is 61.7 Å². The minimum atomic E-state index is -0.0513. The molecule has 2 heterocycles. The number of aromatic nitrogens is 2. The van der Waals surface area contributed by atoms with Crippen molar-refractivity contribution in [2.75, 3.05) is 20.2 Å². The van der Waals surface area contributed by atoms with Crippen LogP contribution < -0.4 is 10.5 Å². The van der Waals surface area contributed by atoms with Gasteiger partial charge >= 0.3 is 0 Å². The van der Waals surface area contributed by atoms with Gasteiger partial charge in [0.1, 0.15) is 5.75 Å². The number of benzene rings is 2. The Morgan fingerprint density at radius 1 is 1.14 bits per heavy atom. The van der Waals surface area contributed by atoms with Crippen molar-refractivity contribution in [2.45, 2.75) is 25.3 Å². The molecular formula is C23H26N4O2. The largest absolute Gasteiger partial charge is 0.497 e. The first kappa shape index (κ1) is 19.2. The molecule has 1 saturated heterocycles. The molecule has 1 amide bonds. The molecule has 1 atom stereocenters. The van der Waals surface area contributed by atoms with Crippen LogP contribution in [0.5, 0.6) is 5.75 Å². The summed E-state index contributed by atoms with van der Waals surface area (Å²) in [5.41, 5.74) is 9.11. The number of methoxy groups -OCH3 is 1. The molecule has 0 aliphatic carbocycles. The topological polar surface area (TPSA) is 73.4 Å². The van der Waals surface area contributed by atoms with Gasteiger partial charge in [-0.2, -0.15) is 5.10 Å². The van der Waals surface area contributed by atoms with Crippen LogP contribution in [-0.2, 0) is 0 Å². The molecule has 29 heavy (non-hydrogen) atoms. The second-order valence-electron chi connectivity index (χ2n) is 7.27. The number of piperidine rings is 1. The SMILES string of the molecule is COc1ccc(-c2cc(C(=O)N3CCCCC3CN)nn2-c2ccccc2)cc1. The molecule has 6 heteroatoms. The minimum absolute atomic E-state index is 0.0513. The number of rotatable bonds is 5. The van der Waals surface area contributed by atoms with Gasteiger partial charge < -0.3 is 15.4 Å². The first-order valence-electron chi connectivity index (χ1n) is 10.0. The second-order valence-corrected chi connectivity index (χ2v) is 7.27. The van der Waals surface area contributed by atoms with E-state index in [1.54, 1.807) is 7.11 Å². The van der Waals surface area contributed by atoms with Crippen molar-refractivity contribution in [3.63, 3.8) is 0 Å². The summed E-state index contributed by atoms with van der Waals surface area (Å²) >= 11 is 0. The van der Waals surface area contributed by atoms with Gasteiger partial charge in [-0.15, -0.1) is 0 Å². The van der Waals surface area contributed by atoms with Gasteiger partial charge in [-0.25, -0.2) is 4.68 Å². The molecular weight excluding hydrogens is 364 g/mol. The molecule has 1 aromatic heterocycles. The van der Waals surface area contributed by atoms with E-state index in [0.29, 0.717) is 12.2 Å². The lowest BCUT2D eigenvalue weighted by molar-refractivity contribution is 0.0617. The Kier molecular flexibility index (Phi) is 5.62. The first-order valence-corrected chi connectivity index (χ1v) is 10.0. The molecule has 0 saturated carbocycles. The summed E-state index contributed by atoms with van der Waals surface area (Å²) in [7, 11) is 1.65. The number of nitrogens with two attached hydrogens (primary N) is 1. The van der Waals surface area contributed by atoms with E-state index in [4.69, 9.17) is 15.6 Å². The summed E-state index contributed by atoms with van der Waals surface area (Å²) < 4.78 is 7.10. The summed E-state index contributed by atoms with van der Waals surface area (Å²) in [5, 5.41) is 4.70. The minimum Gasteiger partial charge on any atom is -0.497 e. The number of likely N-dealkylation sites (tertiary alicyclic amines) is 1. The fraction of sp³-hybridized carbons (Fsp3) is 0.304. The van der Waals surface area contributed by atoms with Crippen LogP contribution >= 0.6 is 0 Å². The fourth-order valence-corrected chi connectivity index (χ4v) is 3.88. The van der Waals surface area contributed by atoms with Crippen molar-refractivity contribution >= 4 is 5.91 Å². The standard InChI is InChI=1S/C23H26N4O2/c1-29-20-12-10-17(11-13-20)22-15-21(25-27(22)18-7-3-2-4-8-18)23(28)26-14-6-5-9-19(26)16-24/h2-4,7-8,10-13,15,19H,5-6,9,14,16,24H2,1H3. The van der Waals surface area contributed by atoms with Crippen molar-refractivity contribution in [1.82, 2.24) is 14.7 Å². The van der Waals surface area contributed by atoms with E-state index in [2.05, 4.69) is 0 Å². The predicted molar refractivity (Wildman–Crippen MR) is 113 cm³/mol. The van der Waals surface area contributed by atoms with Gasteiger partial charge in [0.15, 0.2) is 5.69 Å². The molecule has 1 aliphatic rings. The van der Waals surface area contributed by atoms with Crippen molar-refractivity contribution < 1.29 is 9.53 Å². The predicted octanol–water partition coefficient (Wildman–Crippen LogP) is 3.50. The van der Waals surface area contributed by atoms with E-state index in [-0.39, 0.29) is 11.9 Å². The van der Waals surface area contributed by atoms with Crippen LogP contribution in [0.4, 0.5) is 0 Å². The van der Waals surface area contributed by atoms with E-state index >= 15 is 0 Å². The number of para-hydroxylation sites is 1. The zero-order valence-electron chi connectivity index (χ0n) is 16.6. The maximum atomic E-state index is 13.3. The molecule has 4 rings (SSSR count). The Balaban J connectivity index is 1.76. The quantitative estimate of drug-likeness (QED) is 0.724. The third-order valence-electron chi connectivity index (χ3n) is 5.48. The Bertz CT molecular complexity index is 966. The third kappa shape index (κ3) is 3.89. The van der Waals surface area contributed by atoms with Crippen molar-refractivity contribution in [3.8, 4) is 22.7 Å². The lowest BCUT2D eigenvalue weighted by atomic mass is 10.0. The summed E-state index contributed by atoms with van der Waals surface area (Å²) in [6.07, 6.45) is 3.07. The number of hydrogen-bond acceptors (Lipinski definition) is 4. The number of hydrogen-bond donors (Lipinski definition) is 1. The van der Waals surface area contributed by atoms with Crippen LogP contribution in [0.1, 0.15) is 29.8 Å². The van der Waals surface area contributed by atoms with Crippen LogP contribution in [0, 0.1) is 0 Å². The van der Waals surface area contributed by atoms with Crippen molar-refractivity contribution in [3.05, 3.63) is 66.4 Å². The number of amides is 1. The van der Waals surface area contributed by atoms with Gasteiger partial charge in [-0.3, -0.25) is 4.79 Å². The summed E-state index contributed by atoms with van der Waals surface area (Å²) in [6, 6.07) is 19.6. The number of nitrogens with zero attached hydrogens (tertiary/aromatic N) is 3. The Hall–Kier alpha value is -3.12. The molecule has 3 aromatic rings. The van der Waals surface area contributed by atoms with Gasteiger partial charge in [0.2, 0.25) is 0 Å². The lowest BCUT2D eigenvalue weighted by Crippen LogP contribution is -2.47. The van der Waals surface area contributed by atoms with Gasteiger partial charge in [0, 0.05) is 24.7 Å². The van der Waals surface area contributed by atoms with Gasteiger partial charge in [0.05, 0.1) is 18.5 Å². The van der Waals surface area contributed by atoms with Crippen LogP contribution in [0.25, 0.3) is 16.9 Å². The average molecular weight is 390 g/mol. The molecule has 0 spiro atoms. The molecule has 1 unspecified atom stereocenters. The molecule has 1 aliphatic heterocycles. The molecule has 2 N–H and O–H groups in total. The van der Waals surface area contributed by atoms with E-state index in [1.165, 1.54) is 0 Å². The van der Waals surface area contributed by atoms with Crippen LogP contribution in [0.3, 0.4) is 0 Å². The maximum Gasteiger partial charge on any atom is 0.274 e. The number of carbonyl (C=O) groups is 1. The van der Waals surface area contributed by atoms with E-state index in [0.717, 1.165) is 48.5 Å². The molecule has 2 aromatic carbocycles. The normalized spacial score (nSPS) is 16.6. The van der Waals surface area contributed by atoms with Crippen molar-refractivity contribution in [1.29, 1.82) is 0 Å². The Morgan fingerprint density at radius 3 is 2.59 bits per heavy atom. The van der Waals surface area contributed by atoms with E-state index in [1.807, 2.05) is 70.2 Å². The smallest absolute Gasteiger partial charge is 0.274 e. The zero-order chi connectivity index (χ0) is 20.2. The van der Waals surface area contributed by atoms with E-state index < -0.39 is 0 Å². The summed E-state index contributed by atoms with van der Waals surface area (Å²) in [6.45, 7) is 1.22. The van der Waals surface area contributed by atoms with Crippen LogP contribution in [-0.4, -0.2) is 46.8 Å². The highest BCUT2D eigenvalue weighted by Crippen LogP contribution is 2.27. The fourth-order valence-electron chi connectivity index (χ4n) is 3.88. The van der Waals surface area contributed by atoms with Crippen molar-refractivity contribution in [2.24, 2.45) is 5.73 Å².